The van der Waals surface area contributed by atoms with Gasteiger partial charge in [-0.15, -0.1) is 0 Å². The predicted molar refractivity (Wildman–Crippen MR) is 79.1 cm³/mol. The molecule has 1 N–H and O–H groups in total. The molecule has 1 aliphatic rings. The molecule has 0 atom stereocenters. The monoisotopic (exact) mass is 277 g/mol. The first-order valence-corrected chi connectivity index (χ1v) is 7.35. The molecule has 0 amide bonds. The number of rotatable bonds is 8. The summed E-state index contributed by atoms with van der Waals surface area (Å²) in [6.45, 7) is 3.58. The van der Waals surface area contributed by atoms with Crippen molar-refractivity contribution in [1.29, 1.82) is 0 Å². The molecule has 2 rings (SSSR count). The largest absolute Gasteiger partial charge is 0.481 e. The summed E-state index contributed by atoms with van der Waals surface area (Å²) in [4.78, 5) is 13.0. The highest BCUT2D eigenvalue weighted by atomic mass is 16.5. The second-order valence-corrected chi connectivity index (χ2v) is 5.23. The Balaban J connectivity index is 1.93. The SMILES string of the molecule is CCOC1CC(N(CCCC(=O)O)c2ccccc2)C1. The number of ether oxygens (including phenoxy) is 1. The lowest BCUT2D eigenvalue weighted by Gasteiger charge is -2.44. The molecule has 1 fully saturated rings. The van der Waals surface area contributed by atoms with Gasteiger partial charge < -0.3 is 14.7 Å². The van der Waals surface area contributed by atoms with Crippen LogP contribution in [0.4, 0.5) is 5.69 Å². The fraction of sp³-hybridized carbons (Fsp3) is 0.562. The number of nitrogens with zero attached hydrogens (tertiary/aromatic N) is 1. The van der Waals surface area contributed by atoms with Gasteiger partial charge in [0, 0.05) is 31.3 Å². The van der Waals surface area contributed by atoms with E-state index in [0.29, 0.717) is 18.6 Å². The van der Waals surface area contributed by atoms with Crippen molar-refractivity contribution in [2.24, 2.45) is 0 Å². The molecule has 4 nitrogen and oxygen atoms in total. The van der Waals surface area contributed by atoms with Crippen molar-refractivity contribution in [1.82, 2.24) is 0 Å². The summed E-state index contributed by atoms with van der Waals surface area (Å²) in [5.41, 5.74) is 1.18. The van der Waals surface area contributed by atoms with Crippen LogP contribution in [0.25, 0.3) is 0 Å². The quantitative estimate of drug-likeness (QED) is 0.793. The molecule has 1 saturated carbocycles. The van der Waals surface area contributed by atoms with Crippen LogP contribution in [0.1, 0.15) is 32.6 Å². The van der Waals surface area contributed by atoms with Crippen molar-refractivity contribution in [2.45, 2.75) is 44.8 Å². The predicted octanol–water partition coefficient (Wildman–Crippen LogP) is 2.93. The number of carboxylic acids is 1. The molecule has 0 saturated heterocycles. The summed E-state index contributed by atoms with van der Waals surface area (Å²) >= 11 is 0. The molecule has 110 valence electrons. The minimum absolute atomic E-state index is 0.227. The maximum absolute atomic E-state index is 10.7. The van der Waals surface area contributed by atoms with Crippen LogP contribution in [0.2, 0.25) is 0 Å². The normalized spacial score (nSPS) is 21.2. The Bertz CT molecular complexity index is 415. The molecule has 0 unspecified atom stereocenters. The number of anilines is 1. The average molecular weight is 277 g/mol. The van der Waals surface area contributed by atoms with E-state index < -0.39 is 5.97 Å². The van der Waals surface area contributed by atoms with Crippen LogP contribution in [0.3, 0.4) is 0 Å². The van der Waals surface area contributed by atoms with E-state index >= 15 is 0 Å². The fourth-order valence-electron chi connectivity index (χ4n) is 2.71. The highest BCUT2D eigenvalue weighted by Crippen LogP contribution is 2.32. The lowest BCUT2D eigenvalue weighted by molar-refractivity contribution is -0.137. The number of benzene rings is 1. The molecular weight excluding hydrogens is 254 g/mol. The molecule has 4 heteroatoms. The lowest BCUT2D eigenvalue weighted by Crippen LogP contribution is -2.48. The molecule has 1 aromatic carbocycles. The zero-order valence-corrected chi connectivity index (χ0v) is 12.0. The van der Waals surface area contributed by atoms with E-state index in [1.165, 1.54) is 5.69 Å². The minimum Gasteiger partial charge on any atom is -0.481 e. The van der Waals surface area contributed by atoms with Crippen LogP contribution in [0.15, 0.2) is 30.3 Å². The first kappa shape index (κ1) is 14.9. The first-order valence-electron chi connectivity index (χ1n) is 7.35. The van der Waals surface area contributed by atoms with Gasteiger partial charge in [-0.1, -0.05) is 18.2 Å². The van der Waals surface area contributed by atoms with Crippen LogP contribution < -0.4 is 4.90 Å². The van der Waals surface area contributed by atoms with Crippen LogP contribution in [0, 0.1) is 0 Å². The number of carbonyl (C=O) groups is 1. The average Bonchev–Trinajstić information content (AvgIpc) is 2.40. The van der Waals surface area contributed by atoms with Gasteiger partial charge in [-0.25, -0.2) is 0 Å². The number of hydrogen-bond donors (Lipinski definition) is 1. The van der Waals surface area contributed by atoms with Gasteiger partial charge >= 0.3 is 5.97 Å². The molecular formula is C16H23NO3. The summed E-state index contributed by atoms with van der Waals surface area (Å²) in [6, 6.07) is 10.7. The van der Waals surface area contributed by atoms with Gasteiger partial charge in [0.25, 0.3) is 0 Å². The molecule has 0 radical (unpaired) electrons. The van der Waals surface area contributed by atoms with E-state index in [9.17, 15) is 4.79 Å². The smallest absolute Gasteiger partial charge is 0.303 e. The van der Waals surface area contributed by atoms with Crippen LogP contribution in [0.5, 0.6) is 0 Å². The Morgan fingerprint density at radius 3 is 2.65 bits per heavy atom. The molecule has 0 aliphatic heterocycles. The van der Waals surface area contributed by atoms with E-state index in [4.69, 9.17) is 9.84 Å². The molecule has 1 aliphatic carbocycles. The van der Waals surface area contributed by atoms with Crippen LogP contribution in [-0.4, -0.2) is 36.4 Å². The topological polar surface area (TPSA) is 49.8 Å². The third-order valence-electron chi connectivity index (χ3n) is 3.79. The number of aliphatic carboxylic acids is 1. The third kappa shape index (κ3) is 3.97. The van der Waals surface area contributed by atoms with Crippen LogP contribution >= 0.6 is 0 Å². The van der Waals surface area contributed by atoms with E-state index in [2.05, 4.69) is 17.0 Å². The summed E-state index contributed by atoms with van der Waals surface area (Å²) in [6.07, 6.45) is 3.35. The molecule has 20 heavy (non-hydrogen) atoms. The molecule has 1 aromatic rings. The zero-order chi connectivity index (χ0) is 14.4. The summed E-state index contributed by atoms with van der Waals surface area (Å²) < 4.78 is 5.62. The Labute approximate surface area is 120 Å². The highest BCUT2D eigenvalue weighted by molar-refractivity contribution is 5.66. The van der Waals surface area contributed by atoms with E-state index in [-0.39, 0.29) is 6.42 Å². The van der Waals surface area contributed by atoms with Crippen molar-refractivity contribution < 1.29 is 14.6 Å². The van der Waals surface area contributed by atoms with Crippen molar-refractivity contribution in [3.05, 3.63) is 30.3 Å². The van der Waals surface area contributed by atoms with Gasteiger partial charge in [0.2, 0.25) is 0 Å². The molecule has 0 aromatic heterocycles. The molecule has 0 spiro atoms. The summed E-state index contributed by atoms with van der Waals surface area (Å²) in [5, 5.41) is 8.78. The molecule has 0 bridgehead atoms. The van der Waals surface area contributed by atoms with Gasteiger partial charge in [0.05, 0.1) is 6.10 Å². The second-order valence-electron chi connectivity index (χ2n) is 5.23. The Hall–Kier alpha value is -1.55. The second kappa shape index (κ2) is 7.29. The maximum atomic E-state index is 10.7. The maximum Gasteiger partial charge on any atom is 0.303 e. The Kier molecular flexibility index (Phi) is 5.41. The minimum atomic E-state index is -0.723. The first-order chi connectivity index (χ1) is 9.70. The molecule has 0 heterocycles. The third-order valence-corrected chi connectivity index (χ3v) is 3.79. The Morgan fingerprint density at radius 1 is 1.35 bits per heavy atom. The fourth-order valence-corrected chi connectivity index (χ4v) is 2.71. The van der Waals surface area contributed by atoms with Gasteiger partial charge in [-0.05, 0) is 38.3 Å². The van der Waals surface area contributed by atoms with Crippen molar-refractivity contribution in [2.75, 3.05) is 18.1 Å². The van der Waals surface area contributed by atoms with E-state index in [1.54, 1.807) is 0 Å². The van der Waals surface area contributed by atoms with E-state index in [0.717, 1.165) is 26.0 Å². The van der Waals surface area contributed by atoms with Gasteiger partial charge in [0.15, 0.2) is 0 Å². The van der Waals surface area contributed by atoms with Gasteiger partial charge in [0.1, 0.15) is 0 Å². The van der Waals surface area contributed by atoms with Gasteiger partial charge in [-0.3, -0.25) is 4.79 Å². The zero-order valence-electron chi connectivity index (χ0n) is 12.0. The highest BCUT2D eigenvalue weighted by Gasteiger charge is 2.34. The van der Waals surface area contributed by atoms with Crippen molar-refractivity contribution in [3.63, 3.8) is 0 Å². The summed E-state index contributed by atoms with van der Waals surface area (Å²) in [7, 11) is 0. The number of hydrogen-bond acceptors (Lipinski definition) is 3. The number of carboxylic acid groups (broad SMARTS) is 1. The number of para-hydroxylation sites is 1. The van der Waals surface area contributed by atoms with Crippen molar-refractivity contribution >= 4 is 11.7 Å². The lowest BCUT2D eigenvalue weighted by atomic mass is 9.87. The van der Waals surface area contributed by atoms with Crippen LogP contribution in [-0.2, 0) is 9.53 Å². The standard InChI is InChI=1S/C16H23NO3/c1-2-20-15-11-14(12-15)17(10-6-9-16(18)19)13-7-4-3-5-8-13/h3-5,7-8,14-15H,2,6,9-12H2,1H3,(H,18,19). The van der Waals surface area contributed by atoms with Gasteiger partial charge in [-0.2, -0.15) is 0 Å². The van der Waals surface area contributed by atoms with E-state index in [1.807, 2.05) is 25.1 Å². The summed E-state index contributed by atoms with van der Waals surface area (Å²) in [5.74, 6) is -0.723. The Morgan fingerprint density at radius 2 is 2.05 bits per heavy atom. The van der Waals surface area contributed by atoms with Crippen molar-refractivity contribution in [3.8, 4) is 0 Å².